The SMILES string of the molecule is CN(C)S(=O)(=O)N1CCN(CCCON=Cc2ccn3c(-c4cccc(CC(=O)CCC(F)(F)F)c4)cnc3c2)CC1. The zero-order valence-corrected chi connectivity index (χ0v) is 24.4. The second kappa shape index (κ2) is 13.8. The molecule has 228 valence electrons. The molecule has 0 bridgehead atoms. The van der Waals surface area contributed by atoms with Crippen LogP contribution in [0.2, 0.25) is 0 Å². The van der Waals surface area contributed by atoms with Crippen molar-refractivity contribution in [2.45, 2.75) is 31.9 Å². The molecule has 1 aliphatic heterocycles. The first-order chi connectivity index (χ1) is 19.9. The van der Waals surface area contributed by atoms with Gasteiger partial charge >= 0.3 is 6.18 Å². The molecule has 1 aliphatic rings. The molecule has 0 radical (unpaired) electrons. The zero-order chi connectivity index (χ0) is 30.3. The summed E-state index contributed by atoms with van der Waals surface area (Å²) in [6.45, 7) is 3.50. The lowest BCUT2D eigenvalue weighted by Crippen LogP contribution is -2.51. The maximum Gasteiger partial charge on any atom is 0.389 e. The van der Waals surface area contributed by atoms with E-state index in [1.165, 1.54) is 22.7 Å². The first kappa shape index (κ1) is 31.6. The molecule has 0 atom stereocenters. The Hall–Kier alpha value is -3.33. The van der Waals surface area contributed by atoms with Gasteiger partial charge < -0.3 is 9.74 Å². The van der Waals surface area contributed by atoms with Gasteiger partial charge in [-0.15, -0.1) is 0 Å². The van der Waals surface area contributed by atoms with Crippen LogP contribution in [-0.2, 0) is 26.3 Å². The Bertz CT molecular complexity index is 1500. The molecule has 3 heterocycles. The van der Waals surface area contributed by atoms with Crippen LogP contribution in [0.15, 0.2) is 53.9 Å². The van der Waals surface area contributed by atoms with Crippen LogP contribution in [-0.4, -0.2) is 103 Å². The average molecular weight is 609 g/mol. The van der Waals surface area contributed by atoms with E-state index in [-0.39, 0.29) is 6.42 Å². The van der Waals surface area contributed by atoms with Crippen LogP contribution in [0.5, 0.6) is 0 Å². The van der Waals surface area contributed by atoms with Crippen molar-refractivity contribution in [1.82, 2.24) is 22.9 Å². The fourth-order valence-corrected chi connectivity index (χ4v) is 5.73. The number of piperazine rings is 1. The van der Waals surface area contributed by atoms with E-state index in [4.69, 9.17) is 4.84 Å². The predicted molar refractivity (Wildman–Crippen MR) is 153 cm³/mol. The maximum absolute atomic E-state index is 12.4. The molecule has 1 aromatic carbocycles. The minimum Gasteiger partial charge on any atom is -0.396 e. The molecule has 10 nitrogen and oxygen atoms in total. The predicted octanol–water partition coefficient (Wildman–Crippen LogP) is 3.62. The van der Waals surface area contributed by atoms with Crippen molar-refractivity contribution < 1.29 is 31.2 Å². The highest BCUT2D eigenvalue weighted by atomic mass is 32.2. The highest BCUT2D eigenvalue weighted by molar-refractivity contribution is 7.86. The number of benzene rings is 1. The summed E-state index contributed by atoms with van der Waals surface area (Å²) in [7, 11) is -0.298. The van der Waals surface area contributed by atoms with Crippen molar-refractivity contribution in [2.24, 2.45) is 5.16 Å². The van der Waals surface area contributed by atoms with Gasteiger partial charge in [-0.25, -0.2) is 4.98 Å². The molecular weight excluding hydrogens is 573 g/mol. The Kier molecular flexibility index (Phi) is 10.4. The Balaban J connectivity index is 1.25. The van der Waals surface area contributed by atoms with Crippen molar-refractivity contribution in [3.8, 4) is 11.3 Å². The van der Waals surface area contributed by atoms with Crippen molar-refractivity contribution in [3.63, 3.8) is 0 Å². The van der Waals surface area contributed by atoms with E-state index in [9.17, 15) is 26.4 Å². The second-order valence-electron chi connectivity index (χ2n) is 10.3. The number of oxime groups is 1. The summed E-state index contributed by atoms with van der Waals surface area (Å²) >= 11 is 0. The molecule has 0 N–H and O–H groups in total. The highest BCUT2D eigenvalue weighted by Crippen LogP contribution is 2.24. The number of nitrogens with zero attached hydrogens (tertiary/aromatic N) is 6. The lowest BCUT2D eigenvalue weighted by Gasteiger charge is -2.35. The van der Waals surface area contributed by atoms with Gasteiger partial charge in [-0.05, 0) is 30.2 Å². The van der Waals surface area contributed by atoms with Gasteiger partial charge in [-0.1, -0.05) is 23.4 Å². The average Bonchev–Trinajstić information content (AvgIpc) is 3.37. The number of halogens is 3. The summed E-state index contributed by atoms with van der Waals surface area (Å²) < 4.78 is 66.3. The Morgan fingerprint density at radius 1 is 1.14 bits per heavy atom. The summed E-state index contributed by atoms with van der Waals surface area (Å²) in [5, 5.41) is 4.05. The van der Waals surface area contributed by atoms with Crippen LogP contribution < -0.4 is 0 Å². The van der Waals surface area contributed by atoms with Crippen LogP contribution in [0.3, 0.4) is 0 Å². The lowest BCUT2D eigenvalue weighted by molar-refractivity contribution is -0.143. The van der Waals surface area contributed by atoms with Crippen LogP contribution >= 0.6 is 0 Å². The third-order valence-corrected chi connectivity index (χ3v) is 8.89. The number of hydrogen-bond donors (Lipinski definition) is 0. The third-order valence-electron chi connectivity index (χ3n) is 6.95. The van der Waals surface area contributed by atoms with Gasteiger partial charge in [0.2, 0.25) is 0 Å². The maximum atomic E-state index is 12.4. The lowest BCUT2D eigenvalue weighted by atomic mass is 10.0. The van der Waals surface area contributed by atoms with Crippen LogP contribution in [0, 0.1) is 0 Å². The molecule has 4 rings (SSSR count). The number of imidazole rings is 1. The number of rotatable bonds is 13. The van der Waals surface area contributed by atoms with Crippen LogP contribution in [0.25, 0.3) is 16.9 Å². The van der Waals surface area contributed by atoms with Crippen molar-refractivity contribution in [3.05, 3.63) is 59.9 Å². The van der Waals surface area contributed by atoms with E-state index in [0.717, 1.165) is 29.8 Å². The fraction of sp³-hybridized carbons (Fsp3) is 0.464. The van der Waals surface area contributed by atoms with Gasteiger partial charge in [0, 0.05) is 77.0 Å². The van der Waals surface area contributed by atoms with E-state index in [2.05, 4.69) is 15.0 Å². The van der Waals surface area contributed by atoms with Gasteiger partial charge in [0.25, 0.3) is 10.2 Å². The van der Waals surface area contributed by atoms with Crippen molar-refractivity contribution >= 4 is 27.9 Å². The number of carbonyl (C=O) groups is 1. The molecule has 1 fully saturated rings. The monoisotopic (exact) mass is 608 g/mol. The Labute approximate surface area is 243 Å². The first-order valence-electron chi connectivity index (χ1n) is 13.6. The molecule has 0 amide bonds. The van der Waals surface area contributed by atoms with Gasteiger partial charge in [0.15, 0.2) is 0 Å². The number of aromatic nitrogens is 2. The van der Waals surface area contributed by atoms with Gasteiger partial charge in [0.05, 0.1) is 24.5 Å². The molecule has 2 aromatic heterocycles. The molecule has 3 aromatic rings. The number of fused-ring (bicyclic) bond motifs is 1. The molecule has 42 heavy (non-hydrogen) atoms. The largest absolute Gasteiger partial charge is 0.396 e. The van der Waals surface area contributed by atoms with E-state index in [1.807, 2.05) is 28.8 Å². The Morgan fingerprint density at radius 3 is 2.62 bits per heavy atom. The fourth-order valence-electron chi connectivity index (χ4n) is 4.65. The molecular formula is C28H35F3N6O4S. The van der Waals surface area contributed by atoms with E-state index >= 15 is 0 Å². The highest BCUT2D eigenvalue weighted by Gasteiger charge is 2.29. The Morgan fingerprint density at radius 2 is 1.90 bits per heavy atom. The van der Waals surface area contributed by atoms with E-state index in [1.54, 1.807) is 30.6 Å². The number of hydrogen-bond acceptors (Lipinski definition) is 7. The van der Waals surface area contributed by atoms with Crippen molar-refractivity contribution in [1.29, 1.82) is 0 Å². The van der Waals surface area contributed by atoms with Gasteiger partial charge in [0.1, 0.15) is 18.0 Å². The summed E-state index contributed by atoms with van der Waals surface area (Å²) in [6.07, 6.45) is -0.134. The summed E-state index contributed by atoms with van der Waals surface area (Å²) in [6, 6.07) is 10.9. The third kappa shape index (κ3) is 8.60. The molecule has 0 aliphatic carbocycles. The number of carbonyl (C=O) groups excluding carboxylic acids is 1. The first-order valence-corrected chi connectivity index (χ1v) is 15.0. The number of ketones is 1. The van der Waals surface area contributed by atoms with Crippen molar-refractivity contribution in [2.75, 3.05) is 53.4 Å². The number of alkyl halides is 3. The molecule has 1 saturated heterocycles. The number of Topliss-reactive ketones (excluding diaryl/α,β-unsaturated/α-hetero) is 1. The van der Waals surface area contributed by atoms with Gasteiger partial charge in [-0.3, -0.25) is 9.20 Å². The number of pyridine rings is 1. The molecule has 0 spiro atoms. The van der Waals surface area contributed by atoms with E-state index < -0.39 is 35.0 Å². The summed E-state index contributed by atoms with van der Waals surface area (Å²) in [4.78, 5) is 24.1. The van der Waals surface area contributed by atoms with Gasteiger partial charge in [-0.2, -0.15) is 30.2 Å². The minimum absolute atomic E-state index is 0.0565. The van der Waals surface area contributed by atoms with Crippen LogP contribution in [0.4, 0.5) is 13.2 Å². The molecule has 14 heteroatoms. The normalized spacial score (nSPS) is 15.7. The standard InChI is InChI=1S/C28H35F3N6O4S/c1-34(2)42(39,40)36-14-12-35(13-15-36)10-4-16-41-33-20-23-8-11-37-26(21-32-27(37)19-23)24-6-3-5-22(17-24)18-25(38)7-9-28(29,30)31/h3,5-6,8,11,17,19-21H,4,7,9-10,12-16,18H2,1-2H3. The van der Waals surface area contributed by atoms with E-state index in [0.29, 0.717) is 44.0 Å². The summed E-state index contributed by atoms with van der Waals surface area (Å²) in [5.41, 5.74) is 3.71. The molecule has 0 unspecified atom stereocenters. The quantitative estimate of drug-likeness (QED) is 0.167. The summed E-state index contributed by atoms with van der Waals surface area (Å²) in [5.74, 6) is -0.454. The zero-order valence-electron chi connectivity index (χ0n) is 23.6. The van der Waals surface area contributed by atoms with Crippen LogP contribution in [0.1, 0.15) is 30.4 Å². The topological polar surface area (TPSA) is 99.8 Å². The minimum atomic E-state index is -4.35. The smallest absolute Gasteiger partial charge is 0.389 e. The molecule has 0 saturated carbocycles. The second-order valence-corrected chi connectivity index (χ2v) is 12.5.